The molecule has 6 heteroatoms. The molecule has 1 atom stereocenters. The minimum Gasteiger partial charge on any atom is -0.465 e. The number of hydrogen-bond donors (Lipinski definition) is 0. The third-order valence-corrected chi connectivity index (χ3v) is 4.97. The van der Waals surface area contributed by atoms with Crippen LogP contribution >= 0.6 is 0 Å². The summed E-state index contributed by atoms with van der Waals surface area (Å²) in [6, 6.07) is -0.0433. The van der Waals surface area contributed by atoms with E-state index in [0.717, 1.165) is 19.3 Å². The van der Waals surface area contributed by atoms with Crippen LogP contribution in [0, 0.1) is 0 Å². The highest BCUT2D eigenvalue weighted by atomic mass is 32.2. The summed E-state index contributed by atoms with van der Waals surface area (Å²) in [5.74, 6) is 0.123. The molecule has 0 aromatic heterocycles. The number of carbonyl (C=O) groups is 1. The second-order valence-electron chi connectivity index (χ2n) is 4.90. The van der Waals surface area contributed by atoms with Gasteiger partial charge in [-0.3, -0.25) is 9.69 Å². The zero-order valence-corrected chi connectivity index (χ0v) is 12.0. The van der Waals surface area contributed by atoms with Gasteiger partial charge in [-0.15, -0.1) is 0 Å². The van der Waals surface area contributed by atoms with E-state index < -0.39 is 9.84 Å². The Morgan fingerprint density at radius 3 is 2.67 bits per heavy atom. The largest absolute Gasteiger partial charge is 0.465 e. The van der Waals surface area contributed by atoms with Crippen molar-refractivity contribution in [3.63, 3.8) is 0 Å². The number of nitrogens with zero attached hydrogens (tertiary/aromatic N) is 1. The summed E-state index contributed by atoms with van der Waals surface area (Å²) in [5, 5.41) is 0. The Bertz CT molecular complexity index is 366. The van der Waals surface area contributed by atoms with Crippen molar-refractivity contribution < 1.29 is 17.9 Å². The lowest BCUT2D eigenvalue weighted by Gasteiger charge is -2.21. The van der Waals surface area contributed by atoms with Gasteiger partial charge in [-0.05, 0) is 19.9 Å². The van der Waals surface area contributed by atoms with Crippen LogP contribution in [0.1, 0.15) is 32.6 Å². The molecule has 0 saturated carbocycles. The number of sulfone groups is 1. The van der Waals surface area contributed by atoms with Gasteiger partial charge in [-0.2, -0.15) is 0 Å². The summed E-state index contributed by atoms with van der Waals surface area (Å²) in [7, 11) is -1.12. The van der Waals surface area contributed by atoms with E-state index in [4.69, 9.17) is 4.74 Å². The van der Waals surface area contributed by atoms with Crippen LogP contribution in [0.4, 0.5) is 0 Å². The van der Waals surface area contributed by atoms with Crippen LogP contribution in [-0.2, 0) is 19.4 Å². The fourth-order valence-electron chi connectivity index (χ4n) is 2.04. The maximum absolute atomic E-state index is 11.5. The van der Waals surface area contributed by atoms with Gasteiger partial charge >= 0.3 is 5.97 Å². The summed E-state index contributed by atoms with van der Waals surface area (Å²) in [4.78, 5) is 13.3. The van der Waals surface area contributed by atoms with Crippen molar-refractivity contribution in [1.29, 1.82) is 0 Å². The molecule has 0 aliphatic carbocycles. The van der Waals surface area contributed by atoms with E-state index in [0.29, 0.717) is 13.0 Å². The van der Waals surface area contributed by atoms with E-state index in [1.165, 1.54) is 0 Å². The highest BCUT2D eigenvalue weighted by molar-refractivity contribution is 7.91. The first kappa shape index (κ1) is 15.4. The molecule has 1 heterocycles. The predicted molar refractivity (Wildman–Crippen MR) is 70.2 cm³/mol. The Morgan fingerprint density at radius 1 is 1.39 bits per heavy atom. The number of likely N-dealkylation sites (N-methyl/N-ethyl adjacent to an activating group) is 1. The van der Waals surface area contributed by atoms with Gasteiger partial charge in [0.2, 0.25) is 0 Å². The Labute approximate surface area is 109 Å². The fourth-order valence-corrected chi connectivity index (χ4v) is 3.84. The standard InChI is InChI=1S/C12H23NO4S/c1-3-4-5-7-17-12(14)9-13(2)11-6-8-18(15,16)10-11/h11H,3-10H2,1-2H3. The molecular formula is C12H23NO4S. The van der Waals surface area contributed by atoms with Gasteiger partial charge < -0.3 is 4.74 Å². The molecule has 1 aliphatic rings. The zero-order valence-electron chi connectivity index (χ0n) is 11.2. The maximum atomic E-state index is 11.5. The average molecular weight is 277 g/mol. The SMILES string of the molecule is CCCCCOC(=O)CN(C)C1CCS(=O)(=O)C1. The summed E-state index contributed by atoms with van der Waals surface area (Å²) < 4.78 is 27.8. The van der Waals surface area contributed by atoms with E-state index in [9.17, 15) is 13.2 Å². The monoisotopic (exact) mass is 277 g/mol. The molecule has 0 aromatic carbocycles. The first-order valence-electron chi connectivity index (χ1n) is 6.51. The lowest BCUT2D eigenvalue weighted by atomic mass is 10.2. The van der Waals surface area contributed by atoms with E-state index in [-0.39, 0.29) is 30.1 Å². The minimum absolute atomic E-state index is 0.0433. The number of esters is 1. The van der Waals surface area contributed by atoms with Gasteiger partial charge in [0.05, 0.1) is 24.7 Å². The number of unbranched alkanes of at least 4 members (excludes halogenated alkanes) is 2. The van der Waals surface area contributed by atoms with Crippen LogP contribution in [0.3, 0.4) is 0 Å². The van der Waals surface area contributed by atoms with E-state index >= 15 is 0 Å². The van der Waals surface area contributed by atoms with Crippen LogP contribution in [-0.4, -0.2) is 57.0 Å². The minimum atomic E-state index is -2.89. The maximum Gasteiger partial charge on any atom is 0.320 e. The van der Waals surface area contributed by atoms with Crippen molar-refractivity contribution in [3.8, 4) is 0 Å². The fraction of sp³-hybridized carbons (Fsp3) is 0.917. The lowest BCUT2D eigenvalue weighted by Crippen LogP contribution is -2.37. The molecule has 1 fully saturated rings. The van der Waals surface area contributed by atoms with Crippen molar-refractivity contribution in [1.82, 2.24) is 4.90 Å². The summed E-state index contributed by atoms with van der Waals surface area (Å²) in [6.07, 6.45) is 3.66. The molecular weight excluding hydrogens is 254 g/mol. The molecule has 0 spiro atoms. The molecule has 18 heavy (non-hydrogen) atoms. The summed E-state index contributed by atoms with van der Waals surface area (Å²) in [5.41, 5.74) is 0. The van der Waals surface area contributed by atoms with Crippen molar-refractivity contribution in [3.05, 3.63) is 0 Å². The zero-order chi connectivity index (χ0) is 13.6. The van der Waals surface area contributed by atoms with Crippen molar-refractivity contribution in [2.24, 2.45) is 0 Å². The Hall–Kier alpha value is -0.620. The molecule has 0 aromatic rings. The van der Waals surface area contributed by atoms with Crippen LogP contribution in [0.15, 0.2) is 0 Å². The average Bonchev–Trinajstić information content (AvgIpc) is 2.65. The Kier molecular flexibility index (Phi) is 6.08. The van der Waals surface area contributed by atoms with Gasteiger partial charge in [-0.25, -0.2) is 8.42 Å². The third-order valence-electron chi connectivity index (χ3n) is 3.22. The van der Waals surface area contributed by atoms with Gasteiger partial charge in [-0.1, -0.05) is 19.8 Å². The topological polar surface area (TPSA) is 63.7 Å². The summed E-state index contributed by atoms with van der Waals surface area (Å²) in [6.45, 7) is 2.73. The lowest BCUT2D eigenvalue weighted by molar-refractivity contribution is -0.145. The second kappa shape index (κ2) is 7.09. The number of carbonyl (C=O) groups excluding carboxylic acids is 1. The Morgan fingerprint density at radius 2 is 2.11 bits per heavy atom. The quantitative estimate of drug-likeness (QED) is 0.509. The van der Waals surface area contributed by atoms with Crippen LogP contribution in [0.25, 0.3) is 0 Å². The summed E-state index contributed by atoms with van der Waals surface area (Å²) >= 11 is 0. The van der Waals surface area contributed by atoms with Gasteiger partial charge in [0, 0.05) is 6.04 Å². The highest BCUT2D eigenvalue weighted by Crippen LogP contribution is 2.16. The van der Waals surface area contributed by atoms with Crippen molar-refractivity contribution in [2.75, 3.05) is 31.7 Å². The van der Waals surface area contributed by atoms with Crippen LogP contribution in [0.2, 0.25) is 0 Å². The molecule has 1 unspecified atom stereocenters. The molecule has 0 N–H and O–H groups in total. The van der Waals surface area contributed by atoms with Gasteiger partial charge in [0.15, 0.2) is 9.84 Å². The second-order valence-corrected chi connectivity index (χ2v) is 7.13. The van der Waals surface area contributed by atoms with E-state index in [1.54, 1.807) is 11.9 Å². The van der Waals surface area contributed by atoms with E-state index in [1.807, 2.05) is 0 Å². The molecule has 0 bridgehead atoms. The molecule has 106 valence electrons. The third kappa shape index (κ3) is 5.35. The molecule has 5 nitrogen and oxygen atoms in total. The highest BCUT2D eigenvalue weighted by Gasteiger charge is 2.31. The first-order chi connectivity index (χ1) is 8.44. The molecule has 1 aliphatic heterocycles. The molecule has 0 radical (unpaired) electrons. The van der Waals surface area contributed by atoms with Crippen LogP contribution in [0.5, 0.6) is 0 Å². The number of ether oxygens (including phenoxy) is 1. The van der Waals surface area contributed by atoms with E-state index in [2.05, 4.69) is 6.92 Å². The molecule has 1 saturated heterocycles. The van der Waals surface area contributed by atoms with Crippen LogP contribution < -0.4 is 0 Å². The predicted octanol–water partition coefficient (Wildman–Crippen LogP) is 0.839. The van der Waals surface area contributed by atoms with Crippen molar-refractivity contribution in [2.45, 2.75) is 38.6 Å². The number of hydrogen-bond acceptors (Lipinski definition) is 5. The Balaban J connectivity index is 2.23. The van der Waals surface area contributed by atoms with Crippen molar-refractivity contribution >= 4 is 15.8 Å². The first-order valence-corrected chi connectivity index (χ1v) is 8.33. The molecule has 1 rings (SSSR count). The normalized spacial score (nSPS) is 22.3. The molecule has 0 amide bonds. The van der Waals surface area contributed by atoms with Gasteiger partial charge in [0.1, 0.15) is 0 Å². The smallest absolute Gasteiger partial charge is 0.320 e. The van der Waals surface area contributed by atoms with Gasteiger partial charge in [0.25, 0.3) is 0 Å². The number of rotatable bonds is 7.